The van der Waals surface area contributed by atoms with Crippen LogP contribution in [0.1, 0.15) is 46.5 Å². The number of nitrogens with zero attached hydrogens (tertiary/aromatic N) is 1. The van der Waals surface area contributed by atoms with Crippen LogP contribution in [0.15, 0.2) is 4.99 Å². The van der Waals surface area contributed by atoms with Gasteiger partial charge in [0.2, 0.25) is 29.5 Å². The Bertz CT molecular complexity index is 857. The van der Waals surface area contributed by atoms with E-state index in [4.69, 9.17) is 22.9 Å². The summed E-state index contributed by atoms with van der Waals surface area (Å²) in [6, 6.07) is -4.45. The number of carboxylic acids is 1. The van der Waals surface area contributed by atoms with Crippen molar-refractivity contribution in [3.63, 3.8) is 0 Å². The number of hydrogen-bond donors (Lipinski definition) is 9. The zero-order valence-electron chi connectivity index (χ0n) is 21.3. The lowest BCUT2D eigenvalue weighted by Gasteiger charge is -2.23. The highest BCUT2D eigenvalue weighted by molar-refractivity contribution is 5.94. The number of aliphatic carboxylic acids is 1. The molecular weight excluding hydrogens is 490 g/mol. The molecule has 0 spiro atoms. The summed E-state index contributed by atoms with van der Waals surface area (Å²) in [6.07, 6.45) is 0.0178. The second kappa shape index (κ2) is 16.7. The van der Waals surface area contributed by atoms with Crippen molar-refractivity contribution in [1.82, 2.24) is 21.3 Å². The smallest absolute Gasteiger partial charge is 0.326 e. The SMILES string of the molecule is CC(C)[C@H](NC(=O)[C@H](CCCN=C(N)N)NC(=O)CNC(=O)[C@H](CCC(N)=O)NC(=O)[C@H](C)N)C(=O)O. The summed E-state index contributed by atoms with van der Waals surface area (Å²) in [5.74, 6) is -5.44. The predicted octanol–water partition coefficient (Wildman–Crippen LogP) is -4.04. The first-order valence-electron chi connectivity index (χ1n) is 11.7. The highest BCUT2D eigenvalue weighted by atomic mass is 16.4. The van der Waals surface area contributed by atoms with Crippen molar-refractivity contribution in [2.75, 3.05) is 13.1 Å². The average Bonchev–Trinajstić information content (AvgIpc) is 2.79. The maximum atomic E-state index is 12.7. The van der Waals surface area contributed by atoms with Gasteiger partial charge in [0, 0.05) is 13.0 Å². The van der Waals surface area contributed by atoms with Crippen molar-refractivity contribution in [3.05, 3.63) is 0 Å². The van der Waals surface area contributed by atoms with Crippen LogP contribution in [0.5, 0.6) is 0 Å². The first-order chi connectivity index (χ1) is 17.1. The van der Waals surface area contributed by atoms with Crippen molar-refractivity contribution < 1.29 is 33.9 Å². The van der Waals surface area contributed by atoms with E-state index in [1.165, 1.54) is 6.92 Å². The molecule has 0 bridgehead atoms. The molecule has 0 saturated heterocycles. The highest BCUT2D eigenvalue weighted by Crippen LogP contribution is 2.05. The van der Waals surface area contributed by atoms with E-state index in [-0.39, 0.29) is 38.2 Å². The van der Waals surface area contributed by atoms with E-state index >= 15 is 0 Å². The summed E-state index contributed by atoms with van der Waals surface area (Å²) >= 11 is 0. The van der Waals surface area contributed by atoms with E-state index in [0.717, 1.165) is 0 Å². The minimum atomic E-state index is -1.24. The number of rotatable bonds is 17. The number of nitrogens with two attached hydrogens (primary N) is 4. The molecule has 0 aliphatic rings. The van der Waals surface area contributed by atoms with Gasteiger partial charge in [-0.1, -0.05) is 13.8 Å². The molecule has 13 N–H and O–H groups in total. The Balaban J connectivity index is 5.30. The monoisotopic (exact) mass is 529 g/mol. The van der Waals surface area contributed by atoms with Gasteiger partial charge in [0.1, 0.15) is 18.1 Å². The average molecular weight is 530 g/mol. The lowest BCUT2D eigenvalue weighted by atomic mass is 10.0. The number of carbonyl (C=O) groups is 6. The van der Waals surface area contributed by atoms with Crippen LogP contribution in [-0.2, 0) is 28.8 Å². The van der Waals surface area contributed by atoms with Crippen LogP contribution in [0.25, 0.3) is 0 Å². The van der Waals surface area contributed by atoms with Crippen molar-refractivity contribution >= 4 is 41.5 Å². The topological polar surface area (TPSA) is 287 Å². The van der Waals surface area contributed by atoms with Crippen LogP contribution in [0.4, 0.5) is 0 Å². The zero-order chi connectivity index (χ0) is 28.7. The molecule has 16 heteroatoms. The molecular formula is C21H39N9O7. The fourth-order valence-electron chi connectivity index (χ4n) is 2.93. The molecule has 5 amide bonds. The van der Waals surface area contributed by atoms with Crippen LogP contribution in [0.2, 0.25) is 0 Å². The molecule has 0 unspecified atom stereocenters. The summed E-state index contributed by atoms with van der Waals surface area (Å²) < 4.78 is 0. The van der Waals surface area contributed by atoms with Gasteiger partial charge in [0.25, 0.3) is 0 Å². The van der Waals surface area contributed by atoms with E-state index in [1.54, 1.807) is 13.8 Å². The van der Waals surface area contributed by atoms with Gasteiger partial charge in [-0.25, -0.2) is 4.79 Å². The van der Waals surface area contributed by atoms with Crippen LogP contribution in [0, 0.1) is 5.92 Å². The van der Waals surface area contributed by atoms with Crippen LogP contribution >= 0.6 is 0 Å². The molecule has 210 valence electrons. The van der Waals surface area contributed by atoms with Crippen molar-refractivity contribution in [1.29, 1.82) is 0 Å². The number of amides is 5. The molecule has 0 heterocycles. The lowest BCUT2D eigenvalue weighted by molar-refractivity contribution is -0.143. The zero-order valence-corrected chi connectivity index (χ0v) is 21.3. The molecule has 0 rings (SSSR count). The van der Waals surface area contributed by atoms with Crippen molar-refractivity contribution in [2.45, 2.75) is 70.6 Å². The Hall–Kier alpha value is -3.95. The molecule has 0 aromatic heterocycles. The summed E-state index contributed by atoms with van der Waals surface area (Å²) in [5, 5.41) is 18.9. The Morgan fingerprint density at radius 2 is 1.43 bits per heavy atom. The predicted molar refractivity (Wildman–Crippen MR) is 133 cm³/mol. The third-order valence-corrected chi connectivity index (χ3v) is 4.98. The molecule has 0 radical (unpaired) electrons. The fraction of sp³-hybridized carbons (Fsp3) is 0.667. The van der Waals surface area contributed by atoms with Crippen LogP contribution < -0.4 is 44.2 Å². The second-order valence-electron chi connectivity index (χ2n) is 8.71. The normalized spacial score (nSPS) is 13.9. The minimum absolute atomic E-state index is 0.0679. The van der Waals surface area contributed by atoms with E-state index in [9.17, 15) is 33.9 Å². The quantitative estimate of drug-likeness (QED) is 0.0499. The third-order valence-electron chi connectivity index (χ3n) is 4.98. The van der Waals surface area contributed by atoms with Gasteiger partial charge in [-0.2, -0.15) is 0 Å². The minimum Gasteiger partial charge on any atom is -0.480 e. The fourth-order valence-corrected chi connectivity index (χ4v) is 2.93. The molecule has 0 fully saturated rings. The van der Waals surface area contributed by atoms with E-state index < -0.39 is 72.1 Å². The van der Waals surface area contributed by atoms with Crippen molar-refractivity contribution in [3.8, 4) is 0 Å². The largest absolute Gasteiger partial charge is 0.480 e. The Morgan fingerprint density at radius 3 is 1.92 bits per heavy atom. The molecule has 16 nitrogen and oxygen atoms in total. The summed E-state index contributed by atoms with van der Waals surface area (Å²) in [7, 11) is 0. The lowest BCUT2D eigenvalue weighted by Crippen LogP contribution is -2.55. The molecule has 0 aliphatic heterocycles. The van der Waals surface area contributed by atoms with Gasteiger partial charge in [0.15, 0.2) is 5.96 Å². The Labute approximate surface area is 214 Å². The number of guanidine groups is 1. The summed E-state index contributed by atoms with van der Waals surface area (Å²) in [4.78, 5) is 76.0. The molecule has 37 heavy (non-hydrogen) atoms. The van der Waals surface area contributed by atoms with Gasteiger partial charge in [-0.15, -0.1) is 0 Å². The van der Waals surface area contributed by atoms with Gasteiger partial charge < -0.3 is 49.3 Å². The first kappa shape index (κ1) is 33.0. The number of hydrogen-bond acceptors (Lipinski definition) is 8. The molecule has 0 aromatic carbocycles. The number of aliphatic imine (C=N–C) groups is 1. The van der Waals surface area contributed by atoms with Gasteiger partial charge in [0.05, 0.1) is 12.6 Å². The van der Waals surface area contributed by atoms with Crippen LogP contribution in [-0.4, -0.2) is 83.8 Å². The molecule has 0 saturated carbocycles. The van der Waals surface area contributed by atoms with E-state index in [1.807, 2.05) is 0 Å². The summed E-state index contributed by atoms with van der Waals surface area (Å²) in [6.45, 7) is 4.20. The third kappa shape index (κ3) is 14.3. The van der Waals surface area contributed by atoms with Gasteiger partial charge >= 0.3 is 5.97 Å². The standard InChI is InChI=1S/C21H39N9O7/c1-10(2)16(20(36)37)30-19(35)12(5-4-8-26-21(24)25)28-15(32)9-27-18(34)13(6-7-14(23)31)29-17(33)11(3)22/h10-13,16H,4-9,22H2,1-3H3,(H2,23,31)(H,27,34)(H,28,32)(H,29,33)(H,30,35)(H,36,37)(H4,24,25,26)/t11-,12-,13-,16-/m0/s1. The molecule has 0 aromatic rings. The van der Waals surface area contributed by atoms with Crippen LogP contribution in [0.3, 0.4) is 0 Å². The number of carbonyl (C=O) groups excluding carboxylic acids is 5. The molecule has 4 atom stereocenters. The van der Waals surface area contributed by atoms with E-state index in [0.29, 0.717) is 0 Å². The number of carboxylic acid groups (broad SMARTS) is 1. The maximum absolute atomic E-state index is 12.7. The Kier molecular flexibility index (Phi) is 14.9. The number of nitrogens with one attached hydrogen (secondary N) is 4. The first-order valence-corrected chi connectivity index (χ1v) is 11.7. The van der Waals surface area contributed by atoms with Gasteiger partial charge in [-0.05, 0) is 32.1 Å². The van der Waals surface area contributed by atoms with Gasteiger partial charge in [-0.3, -0.25) is 29.0 Å². The second-order valence-corrected chi connectivity index (χ2v) is 8.71. The maximum Gasteiger partial charge on any atom is 0.326 e. The Morgan fingerprint density at radius 1 is 0.838 bits per heavy atom. The van der Waals surface area contributed by atoms with Crippen molar-refractivity contribution in [2.24, 2.45) is 33.8 Å². The molecule has 0 aliphatic carbocycles. The summed E-state index contributed by atoms with van der Waals surface area (Å²) in [5.41, 5.74) is 21.1. The highest BCUT2D eigenvalue weighted by Gasteiger charge is 2.29. The number of primary amides is 1. The van der Waals surface area contributed by atoms with E-state index in [2.05, 4.69) is 26.3 Å².